The summed E-state index contributed by atoms with van der Waals surface area (Å²) in [6.07, 6.45) is -3.74. The lowest BCUT2D eigenvalue weighted by Gasteiger charge is -2.15. The molecule has 0 aliphatic carbocycles. The molecule has 116 valence electrons. The first-order valence-corrected chi connectivity index (χ1v) is 5.76. The highest BCUT2D eigenvalue weighted by Crippen LogP contribution is 2.22. The lowest BCUT2D eigenvalue weighted by atomic mass is 10.3. The number of hydrogen-bond donors (Lipinski definition) is 2. The summed E-state index contributed by atoms with van der Waals surface area (Å²) >= 11 is 5.47. The van der Waals surface area contributed by atoms with Gasteiger partial charge in [-0.1, -0.05) is 0 Å². The first-order chi connectivity index (χ1) is 9.60. The van der Waals surface area contributed by atoms with Crippen LogP contribution in [-0.2, 0) is 4.79 Å². The van der Waals surface area contributed by atoms with Gasteiger partial charge in [-0.2, -0.15) is 18.2 Å². The molecule has 1 aromatic rings. The van der Waals surface area contributed by atoms with Crippen LogP contribution in [0.25, 0.3) is 0 Å². The molecule has 0 fully saturated rings. The van der Waals surface area contributed by atoms with E-state index in [4.69, 9.17) is 11.6 Å². The van der Waals surface area contributed by atoms with E-state index in [1.165, 1.54) is 6.92 Å². The Morgan fingerprint density at radius 1 is 1.57 bits per heavy atom. The molecule has 1 unspecified atom stereocenters. The molecule has 1 atom stereocenters. The van der Waals surface area contributed by atoms with Crippen molar-refractivity contribution in [2.45, 2.75) is 19.1 Å². The first-order valence-electron chi connectivity index (χ1n) is 5.38. The second-order valence-corrected chi connectivity index (χ2v) is 4.17. The molecule has 0 bridgehead atoms. The second-order valence-electron chi connectivity index (χ2n) is 3.83. The zero-order valence-electron chi connectivity index (χ0n) is 10.4. The fourth-order valence-electron chi connectivity index (χ4n) is 1.20. The molecule has 0 aliphatic heterocycles. The van der Waals surface area contributed by atoms with E-state index >= 15 is 0 Å². The molecular formula is C9H9ClF3N5O3. The van der Waals surface area contributed by atoms with Gasteiger partial charge in [-0.25, -0.2) is 4.98 Å². The van der Waals surface area contributed by atoms with E-state index in [9.17, 15) is 28.1 Å². The SMILES string of the molecule is CC(Nc1nc(Cl)ncc1[N+](=O)[O-])C(=O)NCC(F)(F)F. The fraction of sp³-hybridized carbons (Fsp3) is 0.444. The Morgan fingerprint density at radius 2 is 2.19 bits per heavy atom. The van der Waals surface area contributed by atoms with Crippen LogP contribution in [0.1, 0.15) is 6.92 Å². The van der Waals surface area contributed by atoms with Crippen LogP contribution in [0.5, 0.6) is 0 Å². The van der Waals surface area contributed by atoms with Crippen molar-refractivity contribution in [2.75, 3.05) is 11.9 Å². The Bertz CT molecular complexity index is 554. The summed E-state index contributed by atoms with van der Waals surface area (Å²) in [5.74, 6) is -1.37. The van der Waals surface area contributed by atoms with Crippen LogP contribution in [0.3, 0.4) is 0 Å². The number of carbonyl (C=O) groups is 1. The maximum absolute atomic E-state index is 12.0. The summed E-state index contributed by atoms with van der Waals surface area (Å²) < 4.78 is 35.9. The van der Waals surface area contributed by atoms with Gasteiger partial charge in [0.1, 0.15) is 18.8 Å². The summed E-state index contributed by atoms with van der Waals surface area (Å²) in [5, 5.41) is 14.4. The van der Waals surface area contributed by atoms with E-state index in [2.05, 4.69) is 15.3 Å². The Morgan fingerprint density at radius 3 is 2.71 bits per heavy atom. The highest BCUT2D eigenvalue weighted by Gasteiger charge is 2.29. The molecule has 21 heavy (non-hydrogen) atoms. The molecule has 1 amide bonds. The number of halogens is 4. The van der Waals surface area contributed by atoms with Gasteiger partial charge in [-0.05, 0) is 18.5 Å². The van der Waals surface area contributed by atoms with Crippen molar-refractivity contribution in [2.24, 2.45) is 0 Å². The standard InChI is InChI=1S/C9H9ClF3N5O3/c1-4(7(19)15-3-9(11,12)13)16-6-5(18(20)21)2-14-8(10)17-6/h2,4H,3H2,1H3,(H,15,19)(H,14,16,17). The number of nitrogens with one attached hydrogen (secondary N) is 2. The molecule has 1 heterocycles. The predicted octanol–water partition coefficient (Wildman–Crippen LogP) is 1.52. The number of alkyl halides is 3. The average molecular weight is 328 g/mol. The van der Waals surface area contributed by atoms with Crippen LogP contribution in [0.4, 0.5) is 24.7 Å². The van der Waals surface area contributed by atoms with Gasteiger partial charge in [0.15, 0.2) is 0 Å². The van der Waals surface area contributed by atoms with Gasteiger partial charge in [0.05, 0.1) is 4.92 Å². The van der Waals surface area contributed by atoms with Gasteiger partial charge in [0.25, 0.3) is 0 Å². The van der Waals surface area contributed by atoms with Crippen LogP contribution in [0, 0.1) is 10.1 Å². The van der Waals surface area contributed by atoms with Crippen LogP contribution < -0.4 is 10.6 Å². The molecule has 1 rings (SSSR count). The summed E-state index contributed by atoms with van der Waals surface area (Å²) in [5.41, 5.74) is -0.560. The van der Waals surface area contributed by atoms with Crippen molar-refractivity contribution in [3.63, 3.8) is 0 Å². The van der Waals surface area contributed by atoms with Crippen molar-refractivity contribution >= 4 is 29.0 Å². The Balaban J connectivity index is 2.78. The largest absolute Gasteiger partial charge is 0.405 e. The number of rotatable bonds is 5. The highest BCUT2D eigenvalue weighted by atomic mass is 35.5. The van der Waals surface area contributed by atoms with Crippen LogP contribution in [0.15, 0.2) is 6.20 Å². The Hall–Kier alpha value is -2.17. The molecule has 1 aromatic heterocycles. The van der Waals surface area contributed by atoms with Crippen molar-refractivity contribution < 1.29 is 22.9 Å². The fourth-order valence-corrected chi connectivity index (χ4v) is 1.34. The van der Waals surface area contributed by atoms with Gasteiger partial charge < -0.3 is 10.6 Å². The minimum absolute atomic E-state index is 0.314. The first kappa shape index (κ1) is 16.9. The summed E-state index contributed by atoms with van der Waals surface area (Å²) in [4.78, 5) is 28.3. The number of amides is 1. The topological polar surface area (TPSA) is 110 Å². The lowest BCUT2D eigenvalue weighted by Crippen LogP contribution is -2.42. The minimum atomic E-state index is -4.56. The quantitative estimate of drug-likeness (QED) is 0.482. The lowest BCUT2D eigenvalue weighted by molar-refractivity contribution is -0.384. The molecular weight excluding hydrogens is 319 g/mol. The second kappa shape index (κ2) is 6.52. The average Bonchev–Trinajstić information content (AvgIpc) is 2.34. The molecule has 0 radical (unpaired) electrons. The van der Waals surface area contributed by atoms with E-state index < -0.39 is 35.3 Å². The summed E-state index contributed by atoms with van der Waals surface area (Å²) in [6.45, 7) is -0.296. The van der Waals surface area contributed by atoms with Gasteiger partial charge in [-0.15, -0.1) is 0 Å². The normalized spacial score (nSPS) is 12.6. The van der Waals surface area contributed by atoms with E-state index in [-0.39, 0.29) is 11.1 Å². The van der Waals surface area contributed by atoms with Crippen LogP contribution in [-0.4, -0.2) is 39.6 Å². The van der Waals surface area contributed by atoms with Crippen molar-refractivity contribution in [1.82, 2.24) is 15.3 Å². The summed E-state index contributed by atoms with van der Waals surface area (Å²) in [7, 11) is 0. The Kier molecular flexibility index (Phi) is 5.24. The van der Waals surface area contributed by atoms with E-state index in [0.29, 0.717) is 0 Å². The Labute approximate surface area is 120 Å². The molecule has 0 saturated heterocycles. The van der Waals surface area contributed by atoms with Crippen molar-refractivity contribution in [3.8, 4) is 0 Å². The van der Waals surface area contributed by atoms with Crippen molar-refractivity contribution in [1.29, 1.82) is 0 Å². The molecule has 0 aliphatic rings. The van der Waals surface area contributed by atoms with Gasteiger partial charge in [-0.3, -0.25) is 14.9 Å². The number of nitro groups is 1. The van der Waals surface area contributed by atoms with Gasteiger partial charge in [0, 0.05) is 0 Å². The molecule has 0 aromatic carbocycles. The van der Waals surface area contributed by atoms with Gasteiger partial charge >= 0.3 is 11.9 Å². The third-order valence-electron chi connectivity index (χ3n) is 2.15. The molecule has 0 saturated carbocycles. The third-order valence-corrected chi connectivity index (χ3v) is 2.33. The van der Waals surface area contributed by atoms with Crippen molar-refractivity contribution in [3.05, 3.63) is 21.6 Å². The maximum atomic E-state index is 12.0. The number of carbonyl (C=O) groups excluding carboxylic acids is 1. The highest BCUT2D eigenvalue weighted by molar-refractivity contribution is 6.28. The molecule has 0 spiro atoms. The molecule has 12 heteroatoms. The van der Waals surface area contributed by atoms with E-state index in [1.54, 1.807) is 5.32 Å². The third kappa shape index (κ3) is 5.38. The summed E-state index contributed by atoms with van der Waals surface area (Å²) in [6, 6.07) is -1.20. The van der Waals surface area contributed by atoms with Crippen LogP contribution >= 0.6 is 11.6 Å². The zero-order valence-corrected chi connectivity index (χ0v) is 11.2. The monoisotopic (exact) mass is 327 g/mol. The smallest absolute Gasteiger partial charge is 0.353 e. The number of hydrogen-bond acceptors (Lipinski definition) is 6. The maximum Gasteiger partial charge on any atom is 0.405 e. The zero-order chi connectivity index (χ0) is 16.2. The molecule has 8 nitrogen and oxygen atoms in total. The molecule has 2 N–H and O–H groups in total. The van der Waals surface area contributed by atoms with E-state index in [0.717, 1.165) is 6.20 Å². The number of aromatic nitrogens is 2. The number of anilines is 1. The number of nitrogens with zero attached hydrogens (tertiary/aromatic N) is 3. The predicted molar refractivity (Wildman–Crippen MR) is 65.8 cm³/mol. The van der Waals surface area contributed by atoms with E-state index in [1.807, 2.05) is 0 Å². The van der Waals surface area contributed by atoms with Gasteiger partial charge in [0.2, 0.25) is 17.0 Å². The minimum Gasteiger partial charge on any atom is -0.353 e. The van der Waals surface area contributed by atoms with Crippen LogP contribution in [0.2, 0.25) is 5.28 Å².